The summed E-state index contributed by atoms with van der Waals surface area (Å²) in [4.78, 5) is 5.05. The fourth-order valence-corrected chi connectivity index (χ4v) is 2.48. The van der Waals surface area contributed by atoms with E-state index in [9.17, 15) is 0 Å². The molecule has 6 heteroatoms. The minimum atomic E-state index is 0.0832. The second kappa shape index (κ2) is 5.01. The number of benzene rings is 1. The summed E-state index contributed by atoms with van der Waals surface area (Å²) in [5.41, 5.74) is 0. The topological polar surface area (TPSA) is 38.9 Å². The average Bonchev–Trinajstić information content (AvgIpc) is 2.62. The zero-order valence-electron chi connectivity index (χ0n) is 7.48. The third-order valence-electron chi connectivity index (χ3n) is 1.61. The average molecular weight is 306 g/mol. The number of hydrogen-bond acceptors (Lipinski definition) is 4. The van der Waals surface area contributed by atoms with Crippen molar-refractivity contribution in [2.75, 3.05) is 0 Å². The van der Waals surface area contributed by atoms with Crippen LogP contribution >= 0.6 is 39.3 Å². The van der Waals surface area contributed by atoms with Crippen LogP contribution in [0.1, 0.15) is 5.82 Å². The predicted molar refractivity (Wildman–Crippen MR) is 63.0 cm³/mol. The van der Waals surface area contributed by atoms with E-state index in [0.717, 1.165) is 9.37 Å². The van der Waals surface area contributed by atoms with Crippen LogP contribution < -0.4 is 0 Å². The van der Waals surface area contributed by atoms with Gasteiger partial charge in [-0.15, -0.1) is 11.8 Å². The van der Waals surface area contributed by atoms with Gasteiger partial charge in [0.15, 0.2) is 5.82 Å². The SMILES string of the molecule is Clc1nc(CSc2cccc(Br)c2)no1. The van der Waals surface area contributed by atoms with Crippen LogP contribution in [0, 0.1) is 0 Å². The van der Waals surface area contributed by atoms with Gasteiger partial charge in [-0.1, -0.05) is 27.2 Å². The van der Waals surface area contributed by atoms with Gasteiger partial charge in [0.1, 0.15) is 0 Å². The van der Waals surface area contributed by atoms with E-state index in [1.807, 2.05) is 24.3 Å². The molecule has 0 saturated carbocycles. The Hall–Kier alpha value is -0.520. The van der Waals surface area contributed by atoms with E-state index in [0.29, 0.717) is 11.6 Å². The molecule has 0 radical (unpaired) electrons. The molecular formula is C9H6BrClN2OS. The lowest BCUT2D eigenvalue weighted by molar-refractivity contribution is 0.414. The first kappa shape index (κ1) is 11.0. The minimum Gasteiger partial charge on any atom is -0.321 e. The van der Waals surface area contributed by atoms with Gasteiger partial charge in [0, 0.05) is 9.37 Å². The smallest absolute Gasteiger partial charge is 0.320 e. The number of rotatable bonds is 3. The summed E-state index contributed by atoms with van der Waals surface area (Å²) in [6.45, 7) is 0. The highest BCUT2D eigenvalue weighted by molar-refractivity contribution is 9.10. The lowest BCUT2D eigenvalue weighted by atomic mass is 10.4. The van der Waals surface area contributed by atoms with Crippen LogP contribution in [0.15, 0.2) is 38.2 Å². The molecule has 0 aliphatic heterocycles. The van der Waals surface area contributed by atoms with E-state index in [4.69, 9.17) is 11.6 Å². The van der Waals surface area contributed by atoms with Crippen LogP contribution in [0.4, 0.5) is 0 Å². The summed E-state index contributed by atoms with van der Waals surface area (Å²) in [5.74, 6) is 1.25. The van der Waals surface area contributed by atoms with Gasteiger partial charge < -0.3 is 4.52 Å². The molecule has 2 aromatic rings. The van der Waals surface area contributed by atoms with Crippen molar-refractivity contribution in [3.8, 4) is 0 Å². The van der Waals surface area contributed by atoms with Gasteiger partial charge in [0.25, 0.3) is 0 Å². The van der Waals surface area contributed by atoms with E-state index in [2.05, 4.69) is 30.6 Å². The standard InChI is InChI=1S/C9H6BrClN2OS/c10-6-2-1-3-7(4-6)15-5-8-12-9(11)14-13-8/h1-4H,5H2. The Bertz CT molecular complexity index is 463. The number of nitrogens with zero attached hydrogens (tertiary/aromatic N) is 2. The molecule has 1 aromatic carbocycles. The molecule has 0 spiro atoms. The van der Waals surface area contributed by atoms with Crippen molar-refractivity contribution in [2.45, 2.75) is 10.6 Å². The van der Waals surface area contributed by atoms with Gasteiger partial charge >= 0.3 is 5.35 Å². The van der Waals surface area contributed by atoms with Crippen molar-refractivity contribution in [1.29, 1.82) is 0 Å². The van der Waals surface area contributed by atoms with E-state index in [-0.39, 0.29) is 5.35 Å². The molecular weight excluding hydrogens is 300 g/mol. The van der Waals surface area contributed by atoms with Crippen LogP contribution in [0.2, 0.25) is 5.35 Å². The maximum Gasteiger partial charge on any atom is 0.320 e. The van der Waals surface area contributed by atoms with Crippen molar-refractivity contribution in [3.05, 3.63) is 39.9 Å². The van der Waals surface area contributed by atoms with E-state index in [1.54, 1.807) is 11.8 Å². The lowest BCUT2D eigenvalue weighted by Gasteiger charge is -1.98. The Morgan fingerprint density at radius 2 is 2.33 bits per heavy atom. The third-order valence-corrected chi connectivity index (χ3v) is 3.24. The quantitative estimate of drug-likeness (QED) is 0.809. The van der Waals surface area contributed by atoms with E-state index in [1.165, 1.54) is 0 Å². The highest BCUT2D eigenvalue weighted by Crippen LogP contribution is 2.24. The van der Waals surface area contributed by atoms with Gasteiger partial charge in [0.2, 0.25) is 0 Å². The Morgan fingerprint density at radius 3 is 3.00 bits per heavy atom. The predicted octanol–water partition coefficient (Wildman–Crippen LogP) is 3.78. The molecule has 0 aliphatic rings. The summed E-state index contributed by atoms with van der Waals surface area (Å²) >= 11 is 10.5. The summed E-state index contributed by atoms with van der Waals surface area (Å²) in [6, 6.07) is 8.02. The number of hydrogen-bond donors (Lipinski definition) is 0. The molecule has 0 saturated heterocycles. The monoisotopic (exact) mass is 304 g/mol. The Balaban J connectivity index is 1.99. The summed E-state index contributed by atoms with van der Waals surface area (Å²) < 4.78 is 5.71. The Morgan fingerprint density at radius 1 is 1.47 bits per heavy atom. The number of thioether (sulfide) groups is 1. The molecule has 78 valence electrons. The fourth-order valence-electron chi connectivity index (χ4n) is 0.996. The zero-order valence-corrected chi connectivity index (χ0v) is 10.6. The maximum absolute atomic E-state index is 5.51. The van der Waals surface area contributed by atoms with Crippen molar-refractivity contribution in [3.63, 3.8) is 0 Å². The van der Waals surface area contributed by atoms with Crippen LogP contribution in [-0.2, 0) is 5.75 Å². The molecule has 0 atom stereocenters. The molecule has 1 heterocycles. The van der Waals surface area contributed by atoms with Gasteiger partial charge in [-0.2, -0.15) is 4.98 Å². The van der Waals surface area contributed by atoms with Crippen LogP contribution in [0.5, 0.6) is 0 Å². The first-order valence-corrected chi connectivity index (χ1v) is 6.26. The van der Waals surface area contributed by atoms with E-state index < -0.39 is 0 Å². The molecule has 0 fully saturated rings. The highest BCUT2D eigenvalue weighted by Gasteiger charge is 2.04. The van der Waals surface area contributed by atoms with Gasteiger partial charge in [-0.3, -0.25) is 0 Å². The normalized spacial score (nSPS) is 10.5. The van der Waals surface area contributed by atoms with E-state index >= 15 is 0 Å². The van der Waals surface area contributed by atoms with Crippen molar-refractivity contribution in [2.24, 2.45) is 0 Å². The lowest BCUT2D eigenvalue weighted by Crippen LogP contribution is -1.83. The van der Waals surface area contributed by atoms with Gasteiger partial charge in [0.05, 0.1) is 5.75 Å². The first-order valence-electron chi connectivity index (χ1n) is 4.10. The van der Waals surface area contributed by atoms with Crippen LogP contribution in [0.25, 0.3) is 0 Å². The van der Waals surface area contributed by atoms with Crippen molar-refractivity contribution in [1.82, 2.24) is 10.1 Å². The van der Waals surface area contributed by atoms with Gasteiger partial charge in [-0.25, -0.2) is 0 Å². The van der Waals surface area contributed by atoms with Crippen molar-refractivity contribution >= 4 is 39.3 Å². The summed E-state index contributed by atoms with van der Waals surface area (Å²) in [5, 5.41) is 3.79. The second-order valence-corrected chi connectivity index (χ2v) is 5.00. The molecule has 0 N–H and O–H groups in total. The molecule has 0 unspecified atom stereocenters. The molecule has 3 nitrogen and oxygen atoms in total. The molecule has 2 rings (SSSR count). The largest absolute Gasteiger partial charge is 0.321 e. The fraction of sp³-hybridized carbons (Fsp3) is 0.111. The minimum absolute atomic E-state index is 0.0832. The Kier molecular flexibility index (Phi) is 3.66. The third kappa shape index (κ3) is 3.22. The number of halogens is 2. The van der Waals surface area contributed by atoms with Crippen LogP contribution in [-0.4, -0.2) is 10.1 Å². The molecule has 0 bridgehead atoms. The summed E-state index contributed by atoms with van der Waals surface area (Å²) in [6.07, 6.45) is 0. The summed E-state index contributed by atoms with van der Waals surface area (Å²) in [7, 11) is 0. The zero-order chi connectivity index (χ0) is 10.7. The van der Waals surface area contributed by atoms with Crippen LogP contribution in [0.3, 0.4) is 0 Å². The highest BCUT2D eigenvalue weighted by atomic mass is 79.9. The second-order valence-electron chi connectivity index (χ2n) is 2.71. The molecule has 0 amide bonds. The Labute approximate surface area is 104 Å². The van der Waals surface area contributed by atoms with Gasteiger partial charge in [-0.05, 0) is 29.8 Å². The number of aromatic nitrogens is 2. The molecule has 0 aliphatic carbocycles. The van der Waals surface area contributed by atoms with Crippen molar-refractivity contribution < 1.29 is 4.52 Å². The molecule has 15 heavy (non-hydrogen) atoms. The first-order chi connectivity index (χ1) is 7.24. The molecule has 1 aromatic heterocycles. The maximum atomic E-state index is 5.51.